The first-order valence-electron chi connectivity index (χ1n) is 14.4. The van der Waals surface area contributed by atoms with Crippen LogP contribution in [0, 0.1) is 61.6 Å². The zero-order valence-electron chi connectivity index (χ0n) is 24.1. The van der Waals surface area contributed by atoms with Crippen molar-refractivity contribution in [2.45, 2.75) is 117 Å². The van der Waals surface area contributed by atoms with Crippen LogP contribution in [-0.4, -0.2) is 0 Å². The highest BCUT2D eigenvalue weighted by Crippen LogP contribution is 2.76. The Labute approximate surface area is 229 Å². The molecule has 0 aliphatic heterocycles. The van der Waals surface area contributed by atoms with Crippen molar-refractivity contribution in [3.63, 3.8) is 0 Å². The van der Waals surface area contributed by atoms with E-state index in [-0.39, 0.29) is 10.8 Å². The predicted octanol–water partition coefficient (Wildman–Crippen LogP) is 8.77. The van der Waals surface area contributed by atoms with Crippen molar-refractivity contribution >= 4 is 0 Å². The van der Waals surface area contributed by atoms with Gasteiger partial charge in [0.15, 0.2) is 0 Å². The van der Waals surface area contributed by atoms with E-state index in [0.29, 0.717) is 22.3 Å². The van der Waals surface area contributed by atoms with Crippen LogP contribution in [0.1, 0.15) is 111 Å². The molecule has 2 aromatic carbocycles. The Kier molecular flexibility index (Phi) is 6.54. The van der Waals surface area contributed by atoms with Crippen LogP contribution < -0.4 is 9.47 Å². The van der Waals surface area contributed by atoms with Crippen molar-refractivity contribution in [2.24, 2.45) is 10.8 Å². The Bertz CT molecular complexity index is 1180. The van der Waals surface area contributed by atoms with Gasteiger partial charge in [-0.1, -0.05) is 51.0 Å². The second-order valence-corrected chi connectivity index (χ2v) is 13.4. The smallest absolute Gasteiger partial charge is 0.292 e. The summed E-state index contributed by atoms with van der Waals surface area (Å²) in [5.41, 5.74) is 8.04. The van der Waals surface area contributed by atoms with E-state index >= 15 is 0 Å². The maximum absolute atomic E-state index is 9.21. The van der Waals surface area contributed by atoms with E-state index in [0.717, 1.165) is 28.7 Å². The molecular weight excluding hydrogens is 468 g/mol. The number of ether oxygens (including phenoxy) is 2. The third kappa shape index (κ3) is 4.09. The van der Waals surface area contributed by atoms with Gasteiger partial charge in [-0.2, -0.15) is 0 Å². The molecule has 4 aliphatic carbocycles. The highest BCUT2D eigenvalue weighted by molar-refractivity contribution is 5.51. The van der Waals surface area contributed by atoms with Crippen molar-refractivity contribution in [3.05, 3.63) is 57.6 Å². The van der Waals surface area contributed by atoms with Crippen LogP contribution in [0.25, 0.3) is 0 Å². The van der Waals surface area contributed by atoms with Gasteiger partial charge in [0.1, 0.15) is 11.5 Å². The molecular formula is C34H42N2O2. The summed E-state index contributed by atoms with van der Waals surface area (Å²) in [7, 11) is 0. The number of benzene rings is 2. The summed E-state index contributed by atoms with van der Waals surface area (Å²) in [4.78, 5) is 0. The predicted molar refractivity (Wildman–Crippen MR) is 150 cm³/mol. The van der Waals surface area contributed by atoms with Crippen LogP contribution in [0.4, 0.5) is 0 Å². The maximum Gasteiger partial charge on any atom is 0.292 e. The van der Waals surface area contributed by atoms with Crippen LogP contribution in [0.15, 0.2) is 24.3 Å². The highest BCUT2D eigenvalue weighted by Gasteiger charge is 2.68. The van der Waals surface area contributed by atoms with E-state index in [2.05, 4.69) is 65.8 Å². The standard InChI is InChI=1S/C34H42N2O2/c1-7-9-31-15-32(10-8-2)18-33(16-31,27-11-23(3)29(37-21-35)24(4)12-27)20-34(17-31,19-32)28-13-25(5)30(38-22-36)26(6)14-28/h11-14H,7-10,15-20H2,1-6H3. The quantitative estimate of drug-likeness (QED) is 0.333. The number of aryl methyl sites for hydroxylation is 4. The largest absolute Gasteiger partial charge is 0.387 e. The first-order chi connectivity index (χ1) is 18.1. The molecule has 6 rings (SSSR count). The summed E-state index contributed by atoms with van der Waals surface area (Å²) in [5.74, 6) is 1.42. The lowest BCUT2D eigenvalue weighted by atomic mass is 9.32. The van der Waals surface area contributed by atoms with Crippen molar-refractivity contribution in [2.75, 3.05) is 0 Å². The van der Waals surface area contributed by atoms with Crippen LogP contribution in [-0.2, 0) is 10.8 Å². The van der Waals surface area contributed by atoms with Gasteiger partial charge < -0.3 is 9.47 Å². The van der Waals surface area contributed by atoms with Gasteiger partial charge in [-0.3, -0.25) is 0 Å². The van der Waals surface area contributed by atoms with Crippen molar-refractivity contribution in [1.82, 2.24) is 0 Å². The molecule has 4 bridgehead atoms. The van der Waals surface area contributed by atoms with Gasteiger partial charge in [0, 0.05) is 0 Å². The van der Waals surface area contributed by atoms with Crippen LogP contribution in [0.2, 0.25) is 0 Å². The summed E-state index contributed by atoms with van der Waals surface area (Å²) in [6.07, 6.45) is 16.3. The van der Waals surface area contributed by atoms with Crippen LogP contribution >= 0.6 is 0 Å². The monoisotopic (exact) mass is 510 g/mol. The van der Waals surface area contributed by atoms with Gasteiger partial charge in [-0.25, -0.2) is 0 Å². The minimum Gasteiger partial charge on any atom is -0.387 e. The Hall–Kier alpha value is -2.98. The average Bonchev–Trinajstić information content (AvgIpc) is 2.82. The fourth-order valence-corrected chi connectivity index (χ4v) is 10.2. The van der Waals surface area contributed by atoms with E-state index in [1.165, 1.54) is 68.9 Å². The Morgan fingerprint density at radius 1 is 0.605 bits per heavy atom. The number of hydrogen-bond donors (Lipinski definition) is 0. The van der Waals surface area contributed by atoms with E-state index in [1.54, 1.807) is 0 Å². The van der Waals surface area contributed by atoms with E-state index in [4.69, 9.17) is 9.47 Å². The number of nitriles is 2. The summed E-state index contributed by atoms with van der Waals surface area (Å²) in [6, 6.07) is 9.33. The fourth-order valence-electron chi connectivity index (χ4n) is 10.2. The minimum absolute atomic E-state index is 0.115. The molecule has 0 heterocycles. The molecule has 0 radical (unpaired) electrons. The maximum atomic E-state index is 9.21. The van der Waals surface area contributed by atoms with Crippen LogP contribution in [0.5, 0.6) is 11.5 Å². The van der Waals surface area contributed by atoms with Gasteiger partial charge >= 0.3 is 0 Å². The Morgan fingerprint density at radius 3 is 1.24 bits per heavy atom. The zero-order chi connectivity index (χ0) is 27.3. The zero-order valence-corrected chi connectivity index (χ0v) is 24.1. The second-order valence-electron chi connectivity index (χ2n) is 13.4. The molecule has 200 valence electrons. The molecule has 4 fully saturated rings. The molecule has 0 unspecified atom stereocenters. The summed E-state index contributed by atoms with van der Waals surface area (Å²) in [6.45, 7) is 13.1. The molecule has 0 N–H and O–H groups in total. The highest BCUT2D eigenvalue weighted by atomic mass is 16.5. The molecule has 0 saturated heterocycles. The Balaban J connectivity index is 1.72. The van der Waals surface area contributed by atoms with Crippen molar-refractivity contribution < 1.29 is 9.47 Å². The normalized spacial score (nSPS) is 31.1. The average molecular weight is 511 g/mol. The third-order valence-corrected chi connectivity index (χ3v) is 10.3. The van der Waals surface area contributed by atoms with E-state index in [1.807, 2.05) is 12.5 Å². The van der Waals surface area contributed by atoms with Gasteiger partial charge in [-0.15, -0.1) is 10.5 Å². The summed E-state index contributed by atoms with van der Waals surface area (Å²) >= 11 is 0. The number of nitrogens with zero attached hydrogens (tertiary/aromatic N) is 2. The van der Waals surface area contributed by atoms with Gasteiger partial charge in [-0.05, 0) is 134 Å². The topological polar surface area (TPSA) is 66.0 Å². The second kappa shape index (κ2) is 9.34. The molecule has 0 atom stereocenters. The molecule has 4 heteroatoms. The van der Waals surface area contributed by atoms with Crippen LogP contribution in [0.3, 0.4) is 0 Å². The molecule has 4 aliphatic rings. The first kappa shape index (κ1) is 26.6. The molecule has 4 saturated carbocycles. The number of rotatable bonds is 8. The van der Waals surface area contributed by atoms with Gasteiger partial charge in [0.25, 0.3) is 12.5 Å². The van der Waals surface area contributed by atoms with Crippen molar-refractivity contribution in [3.8, 4) is 24.0 Å². The SMILES string of the molecule is CCCC12CC3(CCC)CC(c4cc(C)c(OC#N)c(C)c4)(C1)CC(c1cc(C)c(OC#N)c(C)c1)(C2)C3. The third-order valence-electron chi connectivity index (χ3n) is 10.3. The lowest BCUT2D eigenvalue weighted by Gasteiger charge is -2.72. The summed E-state index contributed by atoms with van der Waals surface area (Å²) < 4.78 is 10.8. The van der Waals surface area contributed by atoms with Gasteiger partial charge in [0.2, 0.25) is 0 Å². The molecule has 0 aromatic heterocycles. The first-order valence-corrected chi connectivity index (χ1v) is 14.4. The molecule has 4 nitrogen and oxygen atoms in total. The minimum atomic E-state index is 0.115. The summed E-state index contributed by atoms with van der Waals surface area (Å²) in [5, 5.41) is 18.4. The van der Waals surface area contributed by atoms with E-state index < -0.39 is 0 Å². The molecule has 0 spiro atoms. The molecule has 38 heavy (non-hydrogen) atoms. The van der Waals surface area contributed by atoms with Crippen molar-refractivity contribution in [1.29, 1.82) is 10.5 Å². The fraction of sp³-hybridized carbons (Fsp3) is 0.588. The lowest BCUT2D eigenvalue weighted by Crippen LogP contribution is -2.64. The van der Waals surface area contributed by atoms with E-state index in [9.17, 15) is 10.5 Å². The number of hydrogen-bond acceptors (Lipinski definition) is 4. The molecule has 0 amide bonds. The Morgan fingerprint density at radius 2 is 0.947 bits per heavy atom. The van der Waals surface area contributed by atoms with Gasteiger partial charge in [0.05, 0.1) is 0 Å². The molecule has 2 aromatic rings. The lowest BCUT2D eigenvalue weighted by molar-refractivity contribution is -0.148.